The van der Waals surface area contributed by atoms with Gasteiger partial charge in [0.05, 0.1) is 34.4 Å². The number of unbranched alkanes of at least 4 members (excludes halogenated alkanes) is 18. The maximum Gasteiger partial charge on any atom is 0.472 e. The number of likely N-dealkylation sites (N-methyl/N-ethyl adjacent to an activating group) is 1. The van der Waals surface area contributed by atoms with Crippen LogP contribution in [0.2, 0.25) is 0 Å². The zero-order valence-corrected chi connectivity index (χ0v) is 34.7. The van der Waals surface area contributed by atoms with Crippen LogP contribution in [0.25, 0.3) is 0 Å². The molecule has 2 unspecified atom stereocenters. The van der Waals surface area contributed by atoms with Crippen molar-refractivity contribution in [3.63, 3.8) is 0 Å². The largest absolute Gasteiger partial charge is 0.472 e. The van der Waals surface area contributed by atoms with Crippen molar-refractivity contribution in [2.75, 3.05) is 54.1 Å². The third kappa shape index (κ3) is 39.8. The van der Waals surface area contributed by atoms with E-state index >= 15 is 0 Å². The molecular weight excluding hydrogens is 661 g/mol. The van der Waals surface area contributed by atoms with E-state index in [1.807, 2.05) is 21.1 Å². The van der Waals surface area contributed by atoms with Gasteiger partial charge in [0, 0.05) is 13.0 Å². The zero-order chi connectivity index (χ0) is 37.7. The van der Waals surface area contributed by atoms with Crippen LogP contribution in [0.5, 0.6) is 0 Å². The fraction of sp³-hybridized carbons (Fsp3) is 0.833. The highest BCUT2D eigenvalue weighted by Gasteiger charge is 2.26. The number of ether oxygens (including phenoxy) is 2. The number of hydrogen-bond acceptors (Lipinski definition) is 6. The van der Waals surface area contributed by atoms with Crippen LogP contribution in [0, 0.1) is 0 Å². The van der Waals surface area contributed by atoms with Crippen molar-refractivity contribution in [1.29, 1.82) is 0 Å². The fourth-order valence-corrected chi connectivity index (χ4v) is 6.18. The van der Waals surface area contributed by atoms with Gasteiger partial charge in [0.15, 0.2) is 0 Å². The molecule has 0 amide bonds. The molecule has 0 radical (unpaired) electrons. The summed E-state index contributed by atoms with van der Waals surface area (Å²) in [4.78, 5) is 22.5. The minimum absolute atomic E-state index is 0.0872. The van der Waals surface area contributed by atoms with E-state index in [0.29, 0.717) is 24.1 Å². The number of phosphoric acid groups is 1. The Morgan fingerprint density at radius 3 is 1.61 bits per heavy atom. The van der Waals surface area contributed by atoms with Crippen LogP contribution in [0.4, 0.5) is 0 Å². The van der Waals surface area contributed by atoms with Crippen molar-refractivity contribution in [1.82, 2.24) is 0 Å². The number of allylic oxidation sites excluding steroid dienone is 6. The minimum atomic E-state index is -4.26. The van der Waals surface area contributed by atoms with Gasteiger partial charge in [0.25, 0.3) is 0 Å². The Bertz CT molecular complexity index is 915. The number of carbonyl (C=O) groups excluding carboxylic acids is 1. The van der Waals surface area contributed by atoms with Gasteiger partial charge in [-0.3, -0.25) is 13.8 Å². The van der Waals surface area contributed by atoms with Crippen molar-refractivity contribution in [2.45, 2.75) is 174 Å². The highest BCUT2D eigenvalue weighted by Crippen LogP contribution is 2.43. The van der Waals surface area contributed by atoms with E-state index in [1.54, 1.807) is 0 Å². The number of esters is 1. The normalized spacial score (nSPS) is 14.2. The molecule has 0 saturated carbocycles. The Kier molecular flexibility index (Phi) is 34.8. The summed E-state index contributed by atoms with van der Waals surface area (Å²) in [7, 11) is 1.66. The predicted molar refractivity (Wildman–Crippen MR) is 215 cm³/mol. The smallest absolute Gasteiger partial charge is 0.457 e. The van der Waals surface area contributed by atoms with Gasteiger partial charge < -0.3 is 18.9 Å². The van der Waals surface area contributed by atoms with Crippen LogP contribution in [-0.4, -0.2) is 75.6 Å². The molecule has 0 aliphatic heterocycles. The van der Waals surface area contributed by atoms with Gasteiger partial charge >= 0.3 is 13.8 Å². The van der Waals surface area contributed by atoms with E-state index in [1.165, 1.54) is 89.9 Å². The van der Waals surface area contributed by atoms with Crippen LogP contribution < -0.4 is 0 Å². The van der Waals surface area contributed by atoms with Crippen molar-refractivity contribution in [2.24, 2.45) is 0 Å². The second-order valence-electron chi connectivity index (χ2n) is 15.0. The molecule has 0 rings (SSSR count). The van der Waals surface area contributed by atoms with Gasteiger partial charge in [-0.05, 0) is 51.4 Å². The molecule has 0 aromatic carbocycles. The Morgan fingerprint density at radius 1 is 0.608 bits per heavy atom. The molecule has 300 valence electrons. The average Bonchev–Trinajstić information content (AvgIpc) is 3.07. The topological polar surface area (TPSA) is 91.3 Å². The maximum absolute atomic E-state index is 12.4. The van der Waals surface area contributed by atoms with Gasteiger partial charge in [0.2, 0.25) is 0 Å². The molecule has 0 bridgehead atoms. The van der Waals surface area contributed by atoms with Crippen LogP contribution >= 0.6 is 7.82 Å². The summed E-state index contributed by atoms with van der Waals surface area (Å²) < 4.78 is 34.7. The molecule has 51 heavy (non-hydrogen) atoms. The molecule has 0 spiro atoms. The lowest BCUT2D eigenvalue weighted by Gasteiger charge is -2.24. The molecule has 0 aliphatic carbocycles. The highest BCUT2D eigenvalue weighted by atomic mass is 31.2. The molecular formula is C42H81NO7P+. The Hall–Kier alpha value is -1.28. The summed E-state index contributed by atoms with van der Waals surface area (Å²) in [6, 6.07) is 0. The molecule has 0 aromatic rings. The number of carbonyl (C=O) groups is 1. The Labute approximate surface area is 315 Å². The van der Waals surface area contributed by atoms with Gasteiger partial charge in [-0.15, -0.1) is 0 Å². The lowest BCUT2D eigenvalue weighted by atomic mass is 10.1. The van der Waals surface area contributed by atoms with E-state index < -0.39 is 13.9 Å². The summed E-state index contributed by atoms with van der Waals surface area (Å²) in [5.41, 5.74) is 0. The second-order valence-corrected chi connectivity index (χ2v) is 16.5. The van der Waals surface area contributed by atoms with E-state index in [2.05, 4.69) is 50.3 Å². The van der Waals surface area contributed by atoms with Gasteiger partial charge in [-0.2, -0.15) is 0 Å². The third-order valence-corrected chi connectivity index (χ3v) is 9.69. The van der Waals surface area contributed by atoms with Crippen molar-refractivity contribution >= 4 is 13.8 Å². The quantitative estimate of drug-likeness (QED) is 0.0221. The molecule has 0 aliphatic rings. The number of nitrogens with zero attached hydrogens (tertiary/aromatic N) is 1. The van der Waals surface area contributed by atoms with Crippen molar-refractivity contribution in [3.8, 4) is 0 Å². The molecule has 8 nitrogen and oxygen atoms in total. The van der Waals surface area contributed by atoms with E-state index in [-0.39, 0.29) is 25.8 Å². The summed E-state index contributed by atoms with van der Waals surface area (Å²) in [6.45, 7) is 5.51. The van der Waals surface area contributed by atoms with Crippen molar-refractivity contribution < 1.29 is 37.3 Å². The average molecular weight is 743 g/mol. The standard InChI is InChI=1S/C42H80NO7P/c1-6-8-10-12-13-14-15-16-17-18-19-20-21-22-23-24-25-26-27-28-29-30-32-34-37-47-39-41(50-42(44)35-33-31-11-9-7-2)40-49-51(45,46)48-38-36-43(3,4)5/h15-16,18-19,21-22,41H,6-14,17,20,23-40H2,1-5H3/p+1/b16-15-,19-18-,22-21-. The predicted octanol–water partition coefficient (Wildman–Crippen LogP) is 11.8. The number of phosphoric ester groups is 1. The van der Waals surface area contributed by atoms with Crippen LogP contribution in [0.1, 0.15) is 168 Å². The molecule has 0 fully saturated rings. The number of quaternary nitrogens is 1. The molecule has 2 atom stereocenters. The van der Waals surface area contributed by atoms with Crippen molar-refractivity contribution in [3.05, 3.63) is 36.5 Å². The third-order valence-electron chi connectivity index (χ3n) is 8.70. The highest BCUT2D eigenvalue weighted by molar-refractivity contribution is 7.47. The number of rotatable bonds is 38. The first kappa shape index (κ1) is 49.7. The van der Waals surface area contributed by atoms with Gasteiger partial charge in [-0.1, -0.05) is 147 Å². The monoisotopic (exact) mass is 743 g/mol. The lowest BCUT2D eigenvalue weighted by molar-refractivity contribution is -0.870. The maximum atomic E-state index is 12.4. The summed E-state index contributed by atoms with van der Waals surface area (Å²) >= 11 is 0. The first-order chi connectivity index (χ1) is 24.6. The first-order valence-electron chi connectivity index (χ1n) is 20.7. The molecule has 1 N–H and O–H groups in total. The van der Waals surface area contributed by atoms with Crippen LogP contribution in [0.3, 0.4) is 0 Å². The summed E-state index contributed by atoms with van der Waals surface area (Å²) in [5.74, 6) is -0.329. The SMILES string of the molecule is CCCCCCC/C=C\C/C=C\C/C=C\CCCCCCCCCCCOCC(COP(=O)(O)OCC[N+](C)(C)C)OC(=O)CCCCCCC. The summed E-state index contributed by atoms with van der Waals surface area (Å²) in [5, 5.41) is 0. The van der Waals surface area contributed by atoms with Crippen LogP contribution in [0.15, 0.2) is 36.5 Å². The summed E-state index contributed by atoms with van der Waals surface area (Å²) in [6.07, 6.45) is 40.8. The first-order valence-corrected chi connectivity index (χ1v) is 22.2. The fourth-order valence-electron chi connectivity index (χ4n) is 5.44. The van der Waals surface area contributed by atoms with E-state index in [9.17, 15) is 14.3 Å². The molecule has 0 aromatic heterocycles. The minimum Gasteiger partial charge on any atom is -0.457 e. The van der Waals surface area contributed by atoms with Gasteiger partial charge in [-0.25, -0.2) is 4.57 Å². The Balaban J connectivity index is 3.98. The van der Waals surface area contributed by atoms with Crippen LogP contribution in [-0.2, 0) is 27.9 Å². The van der Waals surface area contributed by atoms with E-state index in [4.69, 9.17) is 18.5 Å². The Morgan fingerprint density at radius 2 is 1.08 bits per heavy atom. The molecule has 0 saturated heterocycles. The molecule has 9 heteroatoms. The van der Waals surface area contributed by atoms with Gasteiger partial charge in [0.1, 0.15) is 19.3 Å². The number of hydrogen-bond donors (Lipinski definition) is 1. The zero-order valence-electron chi connectivity index (χ0n) is 33.8. The lowest BCUT2D eigenvalue weighted by Crippen LogP contribution is -2.37. The molecule has 0 heterocycles. The van der Waals surface area contributed by atoms with E-state index in [0.717, 1.165) is 57.8 Å². The second kappa shape index (κ2) is 35.7.